The van der Waals surface area contributed by atoms with E-state index in [1.54, 1.807) is 0 Å². The van der Waals surface area contributed by atoms with Crippen molar-refractivity contribution in [2.24, 2.45) is 0 Å². The molecule has 0 bridgehead atoms. The maximum Gasteiger partial charge on any atom is 0.127 e. The van der Waals surface area contributed by atoms with Gasteiger partial charge in [0.25, 0.3) is 0 Å². The lowest BCUT2D eigenvalue weighted by atomic mass is 9.87. The van der Waals surface area contributed by atoms with E-state index in [9.17, 15) is 0 Å². The molecule has 0 aliphatic heterocycles. The van der Waals surface area contributed by atoms with Gasteiger partial charge in [0.1, 0.15) is 11.5 Å². The molecule has 0 saturated heterocycles. The predicted molar refractivity (Wildman–Crippen MR) is 89.2 cm³/mol. The van der Waals surface area contributed by atoms with E-state index in [1.165, 1.54) is 16.7 Å². The van der Waals surface area contributed by atoms with Gasteiger partial charge in [-0.25, -0.2) is 0 Å². The summed E-state index contributed by atoms with van der Waals surface area (Å²) in [6.07, 6.45) is 0. The summed E-state index contributed by atoms with van der Waals surface area (Å²) < 4.78 is 5.94. The van der Waals surface area contributed by atoms with Crippen LogP contribution < -0.4 is 10.1 Å². The Balaban J connectivity index is 2.13. The summed E-state index contributed by atoms with van der Waals surface area (Å²) >= 11 is 0. The summed E-state index contributed by atoms with van der Waals surface area (Å²) in [5.41, 5.74) is 4.03. The molecule has 2 nitrogen and oxygen atoms in total. The average molecular weight is 283 g/mol. The lowest BCUT2D eigenvalue weighted by Crippen LogP contribution is -2.10. The van der Waals surface area contributed by atoms with E-state index in [0.717, 1.165) is 18.0 Å². The number of benzene rings is 2. The van der Waals surface area contributed by atoms with Crippen molar-refractivity contribution < 1.29 is 4.74 Å². The summed E-state index contributed by atoms with van der Waals surface area (Å²) in [4.78, 5) is 0. The smallest absolute Gasteiger partial charge is 0.127 e. The summed E-state index contributed by atoms with van der Waals surface area (Å²) in [6, 6.07) is 14.6. The van der Waals surface area contributed by atoms with Crippen molar-refractivity contribution in [1.82, 2.24) is 5.32 Å². The van der Waals surface area contributed by atoms with Crippen LogP contribution in [0.1, 0.15) is 37.5 Å². The molecular formula is C19H25NO. The fourth-order valence-corrected chi connectivity index (χ4v) is 2.28. The van der Waals surface area contributed by atoms with Crippen molar-refractivity contribution in [3.05, 3.63) is 59.2 Å². The van der Waals surface area contributed by atoms with Crippen LogP contribution >= 0.6 is 0 Å². The minimum atomic E-state index is 0.171. The second-order valence-electron chi connectivity index (χ2n) is 6.50. The molecule has 0 amide bonds. The third-order valence-electron chi connectivity index (χ3n) is 3.64. The quantitative estimate of drug-likeness (QED) is 0.870. The second kappa shape index (κ2) is 6.31. The van der Waals surface area contributed by atoms with Crippen molar-refractivity contribution in [3.63, 3.8) is 0 Å². The normalized spacial score (nSPS) is 11.5. The summed E-state index contributed by atoms with van der Waals surface area (Å²) in [5.74, 6) is 1.76. The van der Waals surface area contributed by atoms with E-state index in [-0.39, 0.29) is 5.41 Å². The van der Waals surface area contributed by atoms with Gasteiger partial charge >= 0.3 is 0 Å². The Kier molecular flexibility index (Phi) is 4.69. The Morgan fingerprint density at radius 3 is 2.10 bits per heavy atom. The Hall–Kier alpha value is -1.80. The van der Waals surface area contributed by atoms with Gasteiger partial charge in [-0.3, -0.25) is 0 Å². The van der Waals surface area contributed by atoms with Gasteiger partial charge in [-0.05, 0) is 60.3 Å². The molecule has 0 spiro atoms. The number of hydrogen-bond acceptors (Lipinski definition) is 2. The first-order chi connectivity index (χ1) is 9.90. The van der Waals surface area contributed by atoms with Crippen LogP contribution in [-0.4, -0.2) is 7.05 Å². The monoisotopic (exact) mass is 283 g/mol. The first-order valence-corrected chi connectivity index (χ1v) is 7.42. The fourth-order valence-electron chi connectivity index (χ4n) is 2.28. The van der Waals surface area contributed by atoms with Crippen LogP contribution in [0.5, 0.6) is 11.5 Å². The van der Waals surface area contributed by atoms with Crippen LogP contribution in [0.25, 0.3) is 0 Å². The second-order valence-corrected chi connectivity index (χ2v) is 6.50. The van der Waals surface area contributed by atoms with E-state index in [2.05, 4.69) is 57.3 Å². The zero-order valence-corrected chi connectivity index (χ0v) is 13.7. The molecule has 0 unspecified atom stereocenters. The largest absolute Gasteiger partial charge is 0.457 e. The number of rotatable bonds is 4. The molecule has 0 aliphatic rings. The van der Waals surface area contributed by atoms with Gasteiger partial charge in [0.15, 0.2) is 0 Å². The van der Waals surface area contributed by atoms with Crippen molar-refractivity contribution in [2.45, 2.75) is 39.7 Å². The highest BCUT2D eigenvalue weighted by Gasteiger charge is 2.13. The van der Waals surface area contributed by atoms with E-state index in [1.807, 2.05) is 25.2 Å². The van der Waals surface area contributed by atoms with Crippen LogP contribution in [0, 0.1) is 6.92 Å². The molecule has 0 saturated carbocycles. The third kappa shape index (κ3) is 4.08. The summed E-state index contributed by atoms with van der Waals surface area (Å²) in [6.45, 7) is 9.64. The Bertz CT molecular complexity index is 594. The molecule has 0 radical (unpaired) electrons. The SMILES string of the molecule is CNCc1ccc(Oc2ccc(C(C)(C)C)cc2)cc1C. The highest BCUT2D eigenvalue weighted by Crippen LogP contribution is 2.27. The van der Waals surface area contributed by atoms with Crippen LogP contribution in [0.2, 0.25) is 0 Å². The molecule has 2 heteroatoms. The first-order valence-electron chi connectivity index (χ1n) is 7.42. The summed E-state index contributed by atoms with van der Waals surface area (Å²) in [7, 11) is 1.96. The van der Waals surface area contributed by atoms with Crippen molar-refractivity contribution in [3.8, 4) is 11.5 Å². The molecule has 0 fully saturated rings. The van der Waals surface area contributed by atoms with E-state index >= 15 is 0 Å². The number of nitrogens with one attached hydrogen (secondary N) is 1. The maximum absolute atomic E-state index is 5.94. The van der Waals surface area contributed by atoms with Gasteiger partial charge in [0.2, 0.25) is 0 Å². The topological polar surface area (TPSA) is 21.3 Å². The molecule has 2 rings (SSSR count). The van der Waals surface area contributed by atoms with E-state index in [4.69, 9.17) is 4.74 Å². The van der Waals surface area contributed by atoms with Gasteiger partial charge < -0.3 is 10.1 Å². The zero-order valence-electron chi connectivity index (χ0n) is 13.7. The maximum atomic E-state index is 5.94. The van der Waals surface area contributed by atoms with Gasteiger partial charge in [-0.15, -0.1) is 0 Å². The number of aryl methyl sites for hydroxylation is 1. The highest BCUT2D eigenvalue weighted by atomic mass is 16.5. The van der Waals surface area contributed by atoms with Gasteiger partial charge in [0.05, 0.1) is 0 Å². The standard InChI is InChI=1S/C19H25NO/c1-14-12-18(9-6-15(14)13-20-5)21-17-10-7-16(8-11-17)19(2,3)4/h6-12,20H,13H2,1-5H3. The van der Waals surface area contributed by atoms with Crippen LogP contribution in [-0.2, 0) is 12.0 Å². The Morgan fingerprint density at radius 1 is 0.952 bits per heavy atom. The minimum Gasteiger partial charge on any atom is -0.457 e. The molecular weight excluding hydrogens is 258 g/mol. The molecule has 0 heterocycles. The lowest BCUT2D eigenvalue weighted by Gasteiger charge is -2.19. The van der Waals surface area contributed by atoms with Gasteiger partial charge in [0, 0.05) is 6.54 Å². The van der Waals surface area contributed by atoms with Crippen molar-refractivity contribution in [2.75, 3.05) is 7.05 Å². The van der Waals surface area contributed by atoms with Gasteiger partial charge in [-0.2, -0.15) is 0 Å². The van der Waals surface area contributed by atoms with E-state index < -0.39 is 0 Å². The number of ether oxygens (including phenoxy) is 1. The Labute approximate surface area is 128 Å². The molecule has 0 aliphatic carbocycles. The lowest BCUT2D eigenvalue weighted by molar-refractivity contribution is 0.480. The summed E-state index contributed by atoms with van der Waals surface area (Å²) in [5, 5.41) is 3.17. The first kappa shape index (κ1) is 15.6. The van der Waals surface area contributed by atoms with Crippen LogP contribution in [0.15, 0.2) is 42.5 Å². The third-order valence-corrected chi connectivity index (χ3v) is 3.64. The molecule has 0 aromatic heterocycles. The fraction of sp³-hybridized carbons (Fsp3) is 0.368. The predicted octanol–water partition coefficient (Wildman–Crippen LogP) is 4.80. The molecule has 21 heavy (non-hydrogen) atoms. The molecule has 1 N–H and O–H groups in total. The minimum absolute atomic E-state index is 0.171. The van der Waals surface area contributed by atoms with Crippen LogP contribution in [0.4, 0.5) is 0 Å². The molecule has 0 atom stereocenters. The zero-order chi connectivity index (χ0) is 15.5. The number of hydrogen-bond donors (Lipinski definition) is 1. The highest BCUT2D eigenvalue weighted by molar-refractivity contribution is 5.39. The average Bonchev–Trinajstić information content (AvgIpc) is 2.42. The molecule has 2 aromatic rings. The van der Waals surface area contributed by atoms with E-state index in [0.29, 0.717) is 0 Å². The van der Waals surface area contributed by atoms with Crippen molar-refractivity contribution in [1.29, 1.82) is 0 Å². The Morgan fingerprint density at radius 2 is 1.57 bits per heavy atom. The molecule has 112 valence electrons. The van der Waals surface area contributed by atoms with Crippen LogP contribution in [0.3, 0.4) is 0 Å². The van der Waals surface area contributed by atoms with Gasteiger partial charge in [-0.1, -0.05) is 39.0 Å². The molecule has 2 aromatic carbocycles. The van der Waals surface area contributed by atoms with Crippen molar-refractivity contribution >= 4 is 0 Å².